The number of thioether (sulfide) groups is 1. The van der Waals surface area contributed by atoms with Crippen LogP contribution in [0.4, 0.5) is 11.4 Å². The van der Waals surface area contributed by atoms with Crippen molar-refractivity contribution in [2.45, 2.75) is 0 Å². The Kier molecular flexibility index (Phi) is 6.77. The Morgan fingerprint density at radius 3 is 2.83 bits per heavy atom. The maximum atomic E-state index is 12.9. The number of amides is 1. The van der Waals surface area contributed by atoms with Gasteiger partial charge in [-0.25, -0.2) is 0 Å². The van der Waals surface area contributed by atoms with Gasteiger partial charge in [-0.3, -0.25) is 19.8 Å². The Hall–Kier alpha value is -2.87. The van der Waals surface area contributed by atoms with Crippen molar-refractivity contribution in [2.24, 2.45) is 0 Å². The molecule has 0 aromatic heterocycles. The number of hydrogen-bond donors (Lipinski definition) is 0. The van der Waals surface area contributed by atoms with Crippen molar-refractivity contribution in [1.29, 1.82) is 0 Å². The van der Waals surface area contributed by atoms with Crippen molar-refractivity contribution in [2.75, 3.05) is 18.6 Å². The van der Waals surface area contributed by atoms with Crippen molar-refractivity contribution in [3.8, 4) is 23.8 Å². The summed E-state index contributed by atoms with van der Waals surface area (Å²) in [7, 11) is 1.50. The molecule has 1 amide bonds. The molecule has 1 heterocycles. The summed E-state index contributed by atoms with van der Waals surface area (Å²) in [4.78, 5) is 25.1. The molecule has 10 heteroatoms. The van der Waals surface area contributed by atoms with E-state index < -0.39 is 4.92 Å². The zero-order chi connectivity index (χ0) is 21.8. The van der Waals surface area contributed by atoms with Crippen LogP contribution in [0.2, 0.25) is 0 Å². The van der Waals surface area contributed by atoms with E-state index in [1.807, 2.05) is 0 Å². The maximum absolute atomic E-state index is 12.9. The number of hydrogen-bond acceptors (Lipinski definition) is 7. The lowest BCUT2D eigenvalue weighted by Crippen LogP contribution is -2.27. The van der Waals surface area contributed by atoms with Crippen molar-refractivity contribution in [1.82, 2.24) is 0 Å². The van der Waals surface area contributed by atoms with E-state index in [2.05, 4.69) is 21.9 Å². The van der Waals surface area contributed by atoms with E-state index in [9.17, 15) is 14.9 Å². The molecule has 2 aromatic rings. The molecule has 0 N–H and O–H groups in total. The first-order valence-corrected chi connectivity index (χ1v) is 10.3. The fourth-order valence-corrected chi connectivity index (χ4v) is 4.54. The Balaban J connectivity index is 1.94. The lowest BCUT2D eigenvalue weighted by Gasteiger charge is -2.14. The van der Waals surface area contributed by atoms with Crippen LogP contribution in [0.25, 0.3) is 6.08 Å². The van der Waals surface area contributed by atoms with Crippen molar-refractivity contribution < 1.29 is 19.2 Å². The van der Waals surface area contributed by atoms with E-state index in [0.29, 0.717) is 32.1 Å². The van der Waals surface area contributed by atoms with Gasteiger partial charge < -0.3 is 9.47 Å². The Morgan fingerprint density at radius 2 is 2.17 bits per heavy atom. The van der Waals surface area contributed by atoms with E-state index >= 15 is 0 Å². The topological polar surface area (TPSA) is 81.9 Å². The van der Waals surface area contributed by atoms with Crippen LogP contribution in [-0.2, 0) is 4.79 Å². The van der Waals surface area contributed by atoms with Crippen LogP contribution in [0.1, 0.15) is 5.56 Å². The third-order valence-corrected chi connectivity index (χ3v) is 5.83. The third-order valence-electron chi connectivity index (χ3n) is 3.94. The van der Waals surface area contributed by atoms with Gasteiger partial charge in [0.25, 0.3) is 11.6 Å². The summed E-state index contributed by atoms with van der Waals surface area (Å²) in [5.41, 5.74) is 0.889. The first-order valence-electron chi connectivity index (χ1n) is 8.32. The van der Waals surface area contributed by atoms with Gasteiger partial charge >= 0.3 is 0 Å². The molecule has 0 aliphatic carbocycles. The Morgan fingerprint density at radius 1 is 1.40 bits per heavy atom. The number of non-ortho nitro benzene ring substituents is 1. The van der Waals surface area contributed by atoms with Gasteiger partial charge in [0, 0.05) is 12.1 Å². The molecular weight excluding hydrogens is 492 g/mol. The van der Waals surface area contributed by atoms with E-state index in [-0.39, 0.29) is 22.5 Å². The Bertz CT molecular complexity index is 1130. The molecule has 1 aliphatic heterocycles. The van der Waals surface area contributed by atoms with Crippen LogP contribution in [-0.4, -0.2) is 28.9 Å². The Labute approximate surface area is 190 Å². The van der Waals surface area contributed by atoms with Gasteiger partial charge in [0.1, 0.15) is 6.61 Å². The quantitative estimate of drug-likeness (QED) is 0.184. The fourth-order valence-electron chi connectivity index (χ4n) is 2.66. The second-order valence-corrected chi connectivity index (χ2v) is 8.35. The van der Waals surface area contributed by atoms with Crippen LogP contribution < -0.4 is 14.4 Å². The summed E-state index contributed by atoms with van der Waals surface area (Å²) >= 11 is 9.86. The number of terminal acetylenes is 1. The van der Waals surface area contributed by atoms with Gasteiger partial charge in [-0.2, -0.15) is 0 Å². The number of anilines is 1. The highest BCUT2D eigenvalue weighted by Gasteiger charge is 2.34. The highest BCUT2D eigenvalue weighted by Crippen LogP contribution is 2.40. The van der Waals surface area contributed by atoms with E-state index in [0.717, 1.165) is 11.8 Å². The molecular formula is C20H13BrN2O5S2. The number of carbonyl (C=O) groups is 1. The van der Waals surface area contributed by atoms with Gasteiger partial charge in [-0.1, -0.05) is 36.0 Å². The molecule has 1 fully saturated rings. The number of benzene rings is 2. The normalized spacial score (nSPS) is 14.7. The molecule has 2 aromatic carbocycles. The monoisotopic (exact) mass is 504 g/mol. The molecule has 0 spiro atoms. The highest BCUT2D eigenvalue weighted by molar-refractivity contribution is 9.10. The molecule has 152 valence electrons. The van der Waals surface area contributed by atoms with E-state index in [4.69, 9.17) is 28.1 Å². The second-order valence-electron chi connectivity index (χ2n) is 5.82. The first kappa shape index (κ1) is 21.8. The number of halogens is 1. The van der Waals surface area contributed by atoms with Crippen LogP contribution in [0, 0.1) is 22.5 Å². The summed E-state index contributed by atoms with van der Waals surface area (Å²) < 4.78 is 11.7. The van der Waals surface area contributed by atoms with Gasteiger partial charge in [-0.05, 0) is 45.8 Å². The number of ether oxygens (including phenoxy) is 2. The predicted octanol–water partition coefficient (Wildman–Crippen LogP) is 4.78. The standard InChI is InChI=1S/C20H13BrN2O5S2/c1-3-7-28-18-15(21)8-12(9-16(18)27-2)10-17-19(24)22(20(29)30-17)13-5-4-6-14(11-13)23(25)26/h1,4-6,8-11H,7H2,2H3/b17-10+. The number of thiocarbonyl (C=S) groups is 1. The molecule has 0 radical (unpaired) electrons. The number of carbonyl (C=O) groups excluding carboxylic acids is 1. The molecule has 1 saturated heterocycles. The van der Waals surface area contributed by atoms with E-state index in [1.54, 1.807) is 24.3 Å². The highest BCUT2D eigenvalue weighted by atomic mass is 79.9. The molecule has 0 atom stereocenters. The molecule has 30 heavy (non-hydrogen) atoms. The lowest BCUT2D eigenvalue weighted by atomic mass is 10.1. The van der Waals surface area contributed by atoms with E-state index in [1.165, 1.54) is 30.2 Å². The zero-order valence-electron chi connectivity index (χ0n) is 15.5. The molecule has 7 nitrogen and oxygen atoms in total. The second kappa shape index (κ2) is 9.30. The molecule has 0 saturated carbocycles. The van der Waals surface area contributed by atoms with Crippen LogP contribution >= 0.6 is 39.9 Å². The van der Waals surface area contributed by atoms with Crippen molar-refractivity contribution >= 4 is 67.6 Å². The van der Waals surface area contributed by atoms with Crippen molar-refractivity contribution in [3.05, 3.63) is 61.5 Å². The summed E-state index contributed by atoms with van der Waals surface area (Å²) in [6.45, 7) is 0.0795. The van der Waals surface area contributed by atoms with Crippen LogP contribution in [0.15, 0.2) is 45.8 Å². The number of nitro groups is 1. The zero-order valence-corrected chi connectivity index (χ0v) is 18.7. The van der Waals surface area contributed by atoms with Gasteiger partial charge in [0.05, 0.1) is 27.1 Å². The molecule has 3 rings (SSSR count). The lowest BCUT2D eigenvalue weighted by molar-refractivity contribution is -0.384. The number of nitrogens with zero attached hydrogens (tertiary/aromatic N) is 2. The van der Waals surface area contributed by atoms with Crippen molar-refractivity contribution in [3.63, 3.8) is 0 Å². The minimum absolute atomic E-state index is 0.0795. The molecule has 1 aliphatic rings. The fraction of sp³-hybridized carbons (Fsp3) is 0.100. The number of rotatable bonds is 6. The average molecular weight is 505 g/mol. The number of nitro benzene ring substituents is 1. The summed E-state index contributed by atoms with van der Waals surface area (Å²) in [5.74, 6) is 2.92. The molecule has 0 bridgehead atoms. The largest absolute Gasteiger partial charge is 0.493 e. The third kappa shape index (κ3) is 4.48. The van der Waals surface area contributed by atoms with Gasteiger partial charge in [0.2, 0.25) is 0 Å². The SMILES string of the molecule is C#CCOc1c(Br)cc(/C=C2/SC(=S)N(c3cccc([N+](=O)[O-])c3)C2=O)cc1OC. The van der Waals surface area contributed by atoms with Gasteiger partial charge in [0.15, 0.2) is 15.8 Å². The number of methoxy groups -OCH3 is 1. The smallest absolute Gasteiger partial charge is 0.271 e. The van der Waals surface area contributed by atoms with Crippen LogP contribution in [0.5, 0.6) is 11.5 Å². The first-order chi connectivity index (χ1) is 14.3. The minimum Gasteiger partial charge on any atom is -0.493 e. The minimum atomic E-state index is -0.523. The van der Waals surface area contributed by atoms with Crippen LogP contribution in [0.3, 0.4) is 0 Å². The summed E-state index contributed by atoms with van der Waals surface area (Å²) in [6, 6.07) is 9.23. The summed E-state index contributed by atoms with van der Waals surface area (Å²) in [5, 5.41) is 11.0. The predicted molar refractivity (Wildman–Crippen MR) is 124 cm³/mol. The maximum Gasteiger partial charge on any atom is 0.271 e. The summed E-state index contributed by atoms with van der Waals surface area (Å²) in [6.07, 6.45) is 6.90. The average Bonchev–Trinajstić information content (AvgIpc) is 2.99. The molecule has 0 unspecified atom stereocenters. The van der Waals surface area contributed by atoms with Gasteiger partial charge in [-0.15, -0.1) is 6.42 Å².